The van der Waals surface area contributed by atoms with E-state index >= 15 is 0 Å². The Morgan fingerprint density at radius 2 is 2.25 bits per heavy atom. The number of ether oxygens (including phenoxy) is 1. The van der Waals surface area contributed by atoms with E-state index in [1.54, 1.807) is 7.11 Å². The summed E-state index contributed by atoms with van der Waals surface area (Å²) < 4.78 is 10.3. The summed E-state index contributed by atoms with van der Waals surface area (Å²) in [7, 11) is 1.62. The minimum atomic E-state index is 0.711. The lowest BCUT2D eigenvalue weighted by Crippen LogP contribution is -1.84. The van der Waals surface area contributed by atoms with Crippen LogP contribution in [0.4, 0.5) is 0 Å². The van der Waals surface area contributed by atoms with E-state index < -0.39 is 0 Å². The second-order valence-corrected chi connectivity index (χ2v) is 2.67. The van der Waals surface area contributed by atoms with Gasteiger partial charge in [-0.1, -0.05) is 0 Å². The van der Waals surface area contributed by atoms with E-state index in [4.69, 9.17) is 9.15 Å². The Morgan fingerprint density at radius 3 is 3.00 bits per heavy atom. The van der Waals surface area contributed by atoms with Crippen LogP contribution in [0.15, 0.2) is 22.9 Å². The SMILES string of the molecule is COc1cc(C)cc2ncoc12. The zero-order valence-electron chi connectivity index (χ0n) is 7.00. The molecule has 2 rings (SSSR count). The van der Waals surface area contributed by atoms with Gasteiger partial charge >= 0.3 is 0 Å². The van der Waals surface area contributed by atoms with Crippen molar-refractivity contribution in [2.45, 2.75) is 6.92 Å². The number of fused-ring (bicyclic) bond motifs is 1. The number of aromatic nitrogens is 1. The van der Waals surface area contributed by atoms with Gasteiger partial charge in [-0.25, -0.2) is 4.98 Å². The molecule has 2 aromatic rings. The third kappa shape index (κ3) is 0.942. The van der Waals surface area contributed by atoms with Gasteiger partial charge in [-0.3, -0.25) is 0 Å². The summed E-state index contributed by atoms with van der Waals surface area (Å²) in [5.41, 5.74) is 2.67. The van der Waals surface area contributed by atoms with E-state index in [1.165, 1.54) is 6.39 Å². The number of oxazole rings is 1. The highest BCUT2D eigenvalue weighted by atomic mass is 16.5. The number of nitrogens with zero attached hydrogens (tertiary/aromatic N) is 1. The van der Waals surface area contributed by atoms with Crippen LogP contribution in [0.1, 0.15) is 5.56 Å². The molecule has 0 aliphatic carbocycles. The van der Waals surface area contributed by atoms with E-state index in [0.717, 1.165) is 16.8 Å². The molecule has 3 nitrogen and oxygen atoms in total. The lowest BCUT2D eigenvalue weighted by molar-refractivity contribution is 0.410. The summed E-state index contributed by atoms with van der Waals surface area (Å²) in [6.07, 6.45) is 1.42. The van der Waals surface area contributed by atoms with Gasteiger partial charge in [-0.2, -0.15) is 0 Å². The van der Waals surface area contributed by atoms with Gasteiger partial charge in [0.05, 0.1) is 7.11 Å². The van der Waals surface area contributed by atoms with Crippen LogP contribution >= 0.6 is 0 Å². The first-order valence-electron chi connectivity index (χ1n) is 3.69. The number of hydrogen-bond donors (Lipinski definition) is 0. The third-order valence-corrected chi connectivity index (χ3v) is 1.76. The summed E-state index contributed by atoms with van der Waals surface area (Å²) in [5, 5.41) is 0. The zero-order chi connectivity index (χ0) is 8.55. The predicted molar refractivity (Wildman–Crippen MR) is 45.3 cm³/mol. The van der Waals surface area contributed by atoms with Gasteiger partial charge in [-0.05, 0) is 24.6 Å². The largest absolute Gasteiger partial charge is 0.493 e. The molecule has 0 saturated heterocycles. The lowest BCUT2D eigenvalue weighted by Gasteiger charge is -2.00. The molecule has 0 radical (unpaired) electrons. The Bertz CT molecular complexity index is 406. The van der Waals surface area contributed by atoms with Crippen molar-refractivity contribution >= 4 is 11.1 Å². The number of aryl methyl sites for hydroxylation is 1. The first-order chi connectivity index (χ1) is 5.81. The number of rotatable bonds is 1. The summed E-state index contributed by atoms with van der Waals surface area (Å²) in [6.45, 7) is 2.00. The standard InChI is InChI=1S/C9H9NO2/c1-6-3-7-9(12-5-10-7)8(4-6)11-2/h3-5H,1-2H3. The Kier molecular flexibility index (Phi) is 1.50. The summed E-state index contributed by atoms with van der Waals surface area (Å²) in [4.78, 5) is 4.04. The van der Waals surface area contributed by atoms with Crippen molar-refractivity contribution in [3.05, 3.63) is 24.1 Å². The average molecular weight is 163 g/mol. The summed E-state index contributed by atoms with van der Waals surface area (Å²) in [6, 6.07) is 3.88. The maximum atomic E-state index is 5.16. The van der Waals surface area contributed by atoms with E-state index in [1.807, 2.05) is 19.1 Å². The van der Waals surface area contributed by atoms with Crippen LogP contribution < -0.4 is 4.74 Å². The molecule has 12 heavy (non-hydrogen) atoms. The van der Waals surface area contributed by atoms with Gasteiger partial charge < -0.3 is 9.15 Å². The Labute approximate surface area is 70.0 Å². The molecule has 0 atom stereocenters. The number of methoxy groups -OCH3 is 1. The molecule has 0 spiro atoms. The summed E-state index contributed by atoms with van der Waals surface area (Å²) in [5.74, 6) is 0.738. The first kappa shape index (κ1) is 7.16. The molecule has 0 fully saturated rings. The van der Waals surface area contributed by atoms with Crippen LogP contribution in [-0.2, 0) is 0 Å². The molecule has 1 aromatic heterocycles. The average Bonchev–Trinajstić information content (AvgIpc) is 2.50. The van der Waals surface area contributed by atoms with E-state index in [0.29, 0.717) is 5.58 Å². The van der Waals surface area contributed by atoms with Crippen LogP contribution in [0.3, 0.4) is 0 Å². The van der Waals surface area contributed by atoms with Crippen molar-refractivity contribution in [1.29, 1.82) is 0 Å². The molecule has 0 N–H and O–H groups in total. The maximum Gasteiger partial charge on any atom is 0.196 e. The molecular formula is C9H9NO2. The normalized spacial score (nSPS) is 10.5. The van der Waals surface area contributed by atoms with E-state index in [9.17, 15) is 0 Å². The molecular weight excluding hydrogens is 154 g/mol. The van der Waals surface area contributed by atoms with Crippen molar-refractivity contribution in [2.75, 3.05) is 7.11 Å². The van der Waals surface area contributed by atoms with Gasteiger partial charge in [-0.15, -0.1) is 0 Å². The van der Waals surface area contributed by atoms with Crippen molar-refractivity contribution in [3.8, 4) is 5.75 Å². The minimum absolute atomic E-state index is 0.711. The highest BCUT2D eigenvalue weighted by Gasteiger charge is 2.05. The molecule has 0 aliphatic rings. The fraction of sp³-hybridized carbons (Fsp3) is 0.222. The van der Waals surface area contributed by atoms with E-state index in [-0.39, 0.29) is 0 Å². The molecule has 0 unspecified atom stereocenters. The van der Waals surface area contributed by atoms with Crippen LogP contribution in [-0.4, -0.2) is 12.1 Å². The van der Waals surface area contributed by atoms with Crippen LogP contribution in [0.5, 0.6) is 5.75 Å². The molecule has 0 aliphatic heterocycles. The lowest BCUT2D eigenvalue weighted by atomic mass is 10.2. The van der Waals surface area contributed by atoms with E-state index in [2.05, 4.69) is 4.98 Å². The molecule has 62 valence electrons. The quantitative estimate of drug-likeness (QED) is 0.646. The van der Waals surface area contributed by atoms with Gasteiger partial charge in [0.1, 0.15) is 5.52 Å². The second kappa shape index (κ2) is 2.52. The highest BCUT2D eigenvalue weighted by Crippen LogP contribution is 2.25. The summed E-state index contributed by atoms with van der Waals surface area (Å²) >= 11 is 0. The second-order valence-electron chi connectivity index (χ2n) is 2.67. The smallest absolute Gasteiger partial charge is 0.196 e. The van der Waals surface area contributed by atoms with Gasteiger partial charge in [0, 0.05) is 0 Å². The maximum absolute atomic E-state index is 5.16. The van der Waals surface area contributed by atoms with Crippen molar-refractivity contribution < 1.29 is 9.15 Å². The third-order valence-electron chi connectivity index (χ3n) is 1.76. The predicted octanol–water partition coefficient (Wildman–Crippen LogP) is 2.14. The molecule has 0 amide bonds. The topological polar surface area (TPSA) is 35.3 Å². The van der Waals surface area contributed by atoms with Crippen molar-refractivity contribution in [1.82, 2.24) is 4.98 Å². The van der Waals surface area contributed by atoms with Gasteiger partial charge in [0.25, 0.3) is 0 Å². The van der Waals surface area contributed by atoms with Crippen molar-refractivity contribution in [3.63, 3.8) is 0 Å². The molecule has 0 bridgehead atoms. The Morgan fingerprint density at radius 1 is 1.42 bits per heavy atom. The number of benzene rings is 1. The fourth-order valence-corrected chi connectivity index (χ4v) is 1.22. The Hall–Kier alpha value is -1.51. The van der Waals surface area contributed by atoms with Gasteiger partial charge in [0.15, 0.2) is 17.7 Å². The monoisotopic (exact) mass is 163 g/mol. The molecule has 0 saturated carbocycles. The number of hydrogen-bond acceptors (Lipinski definition) is 3. The van der Waals surface area contributed by atoms with Gasteiger partial charge in [0.2, 0.25) is 0 Å². The fourth-order valence-electron chi connectivity index (χ4n) is 1.22. The van der Waals surface area contributed by atoms with Crippen LogP contribution in [0.25, 0.3) is 11.1 Å². The molecule has 1 aromatic carbocycles. The van der Waals surface area contributed by atoms with Crippen molar-refractivity contribution in [2.24, 2.45) is 0 Å². The highest BCUT2D eigenvalue weighted by molar-refractivity contribution is 5.79. The molecule has 3 heteroatoms. The zero-order valence-corrected chi connectivity index (χ0v) is 7.00. The first-order valence-corrected chi connectivity index (χ1v) is 3.69. The van der Waals surface area contributed by atoms with Crippen LogP contribution in [0.2, 0.25) is 0 Å². The van der Waals surface area contributed by atoms with Crippen LogP contribution in [0, 0.1) is 6.92 Å². The molecule has 1 heterocycles. The Balaban J connectivity index is 2.80. The minimum Gasteiger partial charge on any atom is -0.493 e.